The van der Waals surface area contributed by atoms with Gasteiger partial charge in [0.1, 0.15) is 11.5 Å². The van der Waals surface area contributed by atoms with Gasteiger partial charge in [-0.1, -0.05) is 13.8 Å². The van der Waals surface area contributed by atoms with E-state index in [0.717, 1.165) is 0 Å². The van der Waals surface area contributed by atoms with Crippen molar-refractivity contribution in [3.8, 4) is 11.5 Å². The van der Waals surface area contributed by atoms with E-state index < -0.39 is 11.2 Å². The van der Waals surface area contributed by atoms with Gasteiger partial charge in [-0.25, -0.2) is 0 Å². The van der Waals surface area contributed by atoms with Crippen LogP contribution in [0.4, 0.5) is 0 Å². The lowest BCUT2D eigenvalue weighted by atomic mass is 10.2. The highest BCUT2D eigenvalue weighted by Crippen LogP contribution is 2.26. The predicted octanol–water partition coefficient (Wildman–Crippen LogP) is 2.64. The molecule has 0 heterocycles. The van der Waals surface area contributed by atoms with E-state index in [2.05, 4.69) is 0 Å². The van der Waals surface area contributed by atoms with Crippen LogP contribution in [0.25, 0.3) is 0 Å². The van der Waals surface area contributed by atoms with E-state index >= 15 is 0 Å². The Balaban J connectivity index is 3.09. The van der Waals surface area contributed by atoms with Crippen LogP contribution in [-0.4, -0.2) is 18.3 Å². The molecule has 1 rings (SSSR count). The van der Waals surface area contributed by atoms with Gasteiger partial charge in [0.15, 0.2) is 0 Å². The number of esters is 1. The topological polar surface area (TPSA) is 52.6 Å². The minimum Gasteiger partial charge on any atom is -0.497 e. The van der Waals surface area contributed by atoms with Gasteiger partial charge in [0.05, 0.1) is 18.6 Å². The molecular formula is C12H13ClO4. The van der Waals surface area contributed by atoms with Crippen molar-refractivity contribution in [1.29, 1.82) is 0 Å². The van der Waals surface area contributed by atoms with Gasteiger partial charge in [0.2, 0.25) is 0 Å². The van der Waals surface area contributed by atoms with Crippen LogP contribution in [0.5, 0.6) is 11.5 Å². The van der Waals surface area contributed by atoms with Gasteiger partial charge in [-0.05, 0) is 23.7 Å². The average molecular weight is 257 g/mol. The summed E-state index contributed by atoms with van der Waals surface area (Å²) < 4.78 is 10.1. The van der Waals surface area contributed by atoms with Crippen LogP contribution in [0.1, 0.15) is 24.2 Å². The normalized spacial score (nSPS) is 10.2. The molecule has 0 bridgehead atoms. The van der Waals surface area contributed by atoms with E-state index in [1.807, 2.05) is 0 Å². The molecule has 0 amide bonds. The summed E-state index contributed by atoms with van der Waals surface area (Å²) in [5, 5.41) is -0.681. The first-order chi connectivity index (χ1) is 7.95. The summed E-state index contributed by atoms with van der Waals surface area (Å²) in [4.78, 5) is 22.6. The summed E-state index contributed by atoms with van der Waals surface area (Å²) >= 11 is 5.40. The Hall–Kier alpha value is -1.55. The maximum Gasteiger partial charge on any atom is 0.313 e. The van der Waals surface area contributed by atoms with Gasteiger partial charge in [-0.2, -0.15) is 0 Å². The Labute approximate surface area is 104 Å². The molecule has 0 fully saturated rings. The van der Waals surface area contributed by atoms with E-state index in [1.165, 1.54) is 19.2 Å². The Morgan fingerprint density at radius 3 is 2.41 bits per heavy atom. The van der Waals surface area contributed by atoms with Crippen LogP contribution in [0, 0.1) is 5.92 Å². The SMILES string of the molecule is COc1ccc(C(=O)Cl)c(OC(=O)C(C)C)c1. The first kappa shape index (κ1) is 13.5. The lowest BCUT2D eigenvalue weighted by Gasteiger charge is -2.10. The van der Waals surface area contributed by atoms with E-state index in [4.69, 9.17) is 21.1 Å². The number of methoxy groups -OCH3 is 1. The number of hydrogen-bond donors (Lipinski definition) is 0. The van der Waals surface area contributed by atoms with Crippen LogP contribution in [0.2, 0.25) is 0 Å². The number of ether oxygens (including phenoxy) is 2. The van der Waals surface area contributed by atoms with E-state index in [1.54, 1.807) is 19.9 Å². The molecule has 0 aliphatic heterocycles. The first-order valence-electron chi connectivity index (χ1n) is 5.05. The Morgan fingerprint density at radius 1 is 1.29 bits per heavy atom. The molecule has 0 saturated carbocycles. The first-order valence-corrected chi connectivity index (χ1v) is 5.43. The molecule has 0 aromatic heterocycles. The predicted molar refractivity (Wildman–Crippen MR) is 63.7 cm³/mol. The molecule has 0 saturated heterocycles. The van der Waals surface area contributed by atoms with Gasteiger partial charge < -0.3 is 9.47 Å². The molecule has 0 aliphatic carbocycles. The fourth-order valence-corrected chi connectivity index (χ4v) is 1.26. The van der Waals surface area contributed by atoms with Crippen LogP contribution in [-0.2, 0) is 4.79 Å². The zero-order valence-corrected chi connectivity index (χ0v) is 10.6. The van der Waals surface area contributed by atoms with Gasteiger partial charge in [-0.3, -0.25) is 9.59 Å². The molecule has 92 valence electrons. The van der Waals surface area contributed by atoms with Crippen molar-refractivity contribution in [3.05, 3.63) is 23.8 Å². The van der Waals surface area contributed by atoms with E-state index in [0.29, 0.717) is 5.75 Å². The summed E-state index contributed by atoms with van der Waals surface area (Å²) in [5.74, 6) is -0.127. The second-order valence-electron chi connectivity index (χ2n) is 3.71. The number of rotatable bonds is 4. The van der Waals surface area contributed by atoms with Crippen molar-refractivity contribution in [3.63, 3.8) is 0 Å². The molecule has 1 aromatic rings. The van der Waals surface area contributed by atoms with Crippen LogP contribution < -0.4 is 9.47 Å². The summed E-state index contributed by atoms with van der Waals surface area (Å²) in [5.41, 5.74) is 0.140. The highest BCUT2D eigenvalue weighted by molar-refractivity contribution is 6.68. The lowest BCUT2D eigenvalue weighted by molar-refractivity contribution is -0.137. The number of carbonyl (C=O) groups excluding carboxylic acids is 2. The maximum atomic E-state index is 11.5. The van der Waals surface area contributed by atoms with Gasteiger partial charge >= 0.3 is 5.97 Å². The Bertz CT molecular complexity index is 440. The summed E-state index contributed by atoms with van der Waals surface area (Å²) in [6.07, 6.45) is 0. The standard InChI is InChI=1S/C12H13ClO4/c1-7(2)12(15)17-10-6-8(16-3)4-5-9(10)11(13)14/h4-7H,1-3H3. The zero-order valence-electron chi connectivity index (χ0n) is 9.82. The van der Waals surface area contributed by atoms with Crippen molar-refractivity contribution in [2.45, 2.75) is 13.8 Å². The zero-order chi connectivity index (χ0) is 13.0. The van der Waals surface area contributed by atoms with Gasteiger partial charge in [-0.15, -0.1) is 0 Å². The van der Waals surface area contributed by atoms with Crippen LogP contribution >= 0.6 is 11.6 Å². The number of halogens is 1. The summed E-state index contributed by atoms with van der Waals surface area (Å²) in [6, 6.07) is 4.48. The number of carbonyl (C=O) groups is 2. The van der Waals surface area contributed by atoms with Crippen LogP contribution in [0.15, 0.2) is 18.2 Å². The summed E-state index contributed by atoms with van der Waals surface area (Å²) in [6.45, 7) is 3.40. The van der Waals surface area contributed by atoms with E-state index in [9.17, 15) is 9.59 Å². The fourth-order valence-electron chi connectivity index (χ4n) is 1.10. The van der Waals surface area contributed by atoms with Crippen molar-refractivity contribution in [2.75, 3.05) is 7.11 Å². The second kappa shape index (κ2) is 5.68. The minimum absolute atomic E-state index is 0.114. The molecule has 0 spiro atoms. The van der Waals surface area contributed by atoms with Crippen molar-refractivity contribution in [2.24, 2.45) is 5.92 Å². The Kier molecular flexibility index (Phi) is 4.52. The number of benzene rings is 1. The lowest BCUT2D eigenvalue weighted by Crippen LogP contribution is -2.16. The molecule has 0 aliphatic rings. The van der Waals surface area contributed by atoms with Gasteiger partial charge in [0, 0.05) is 6.07 Å². The number of hydrogen-bond acceptors (Lipinski definition) is 4. The average Bonchev–Trinajstić information content (AvgIpc) is 2.28. The molecule has 0 unspecified atom stereocenters. The second-order valence-corrected chi connectivity index (χ2v) is 4.05. The highest BCUT2D eigenvalue weighted by atomic mass is 35.5. The molecule has 0 N–H and O–H groups in total. The molecular weight excluding hydrogens is 244 g/mol. The maximum absolute atomic E-state index is 11.5. The third-order valence-corrected chi connectivity index (χ3v) is 2.29. The molecule has 0 atom stereocenters. The minimum atomic E-state index is -0.681. The fraction of sp³-hybridized carbons (Fsp3) is 0.333. The highest BCUT2D eigenvalue weighted by Gasteiger charge is 2.16. The molecule has 17 heavy (non-hydrogen) atoms. The van der Waals surface area contributed by atoms with Crippen molar-refractivity contribution in [1.82, 2.24) is 0 Å². The van der Waals surface area contributed by atoms with Gasteiger partial charge in [0.25, 0.3) is 5.24 Å². The monoisotopic (exact) mass is 256 g/mol. The molecule has 1 aromatic carbocycles. The summed E-state index contributed by atoms with van der Waals surface area (Å²) in [7, 11) is 1.48. The van der Waals surface area contributed by atoms with Crippen LogP contribution in [0.3, 0.4) is 0 Å². The molecule has 0 radical (unpaired) electrons. The third kappa shape index (κ3) is 3.46. The van der Waals surface area contributed by atoms with E-state index in [-0.39, 0.29) is 17.2 Å². The quantitative estimate of drug-likeness (QED) is 0.472. The van der Waals surface area contributed by atoms with Crippen molar-refractivity contribution >= 4 is 22.8 Å². The smallest absolute Gasteiger partial charge is 0.313 e. The van der Waals surface area contributed by atoms with Crippen molar-refractivity contribution < 1.29 is 19.1 Å². The largest absolute Gasteiger partial charge is 0.497 e. The molecule has 4 nitrogen and oxygen atoms in total. The Morgan fingerprint density at radius 2 is 1.94 bits per heavy atom. The molecule has 5 heteroatoms. The third-order valence-electron chi connectivity index (χ3n) is 2.08.